The van der Waals surface area contributed by atoms with Gasteiger partial charge in [-0.1, -0.05) is 12.2 Å². The largest absolute Gasteiger partial charge is 0.378 e. The lowest BCUT2D eigenvalue weighted by Gasteiger charge is -2.18. The van der Waals surface area contributed by atoms with Gasteiger partial charge in [-0.2, -0.15) is 0 Å². The molecule has 2 aliphatic heterocycles. The van der Waals surface area contributed by atoms with E-state index < -0.39 is 0 Å². The summed E-state index contributed by atoms with van der Waals surface area (Å²) in [4.78, 5) is 7.92. The van der Waals surface area contributed by atoms with Crippen LogP contribution in [0.3, 0.4) is 0 Å². The zero-order chi connectivity index (χ0) is 11.7. The predicted octanol–water partition coefficient (Wildman–Crippen LogP) is 1.51. The number of rotatable bonds is 2. The maximum absolute atomic E-state index is 5.63. The smallest absolute Gasteiger partial charge is 0.134 e. The molecule has 0 spiro atoms. The van der Waals surface area contributed by atoms with Crippen molar-refractivity contribution < 1.29 is 4.74 Å². The number of aromatic amines is 1. The van der Waals surface area contributed by atoms with Crippen molar-refractivity contribution in [1.29, 1.82) is 0 Å². The average Bonchev–Trinajstić information content (AvgIpc) is 2.82. The molecule has 0 saturated carbocycles. The Morgan fingerprint density at radius 3 is 3.24 bits per heavy atom. The van der Waals surface area contributed by atoms with E-state index in [0.29, 0.717) is 6.10 Å². The molecule has 3 rings (SSSR count). The van der Waals surface area contributed by atoms with Gasteiger partial charge in [-0.05, 0) is 12.8 Å². The van der Waals surface area contributed by atoms with Gasteiger partial charge in [-0.15, -0.1) is 0 Å². The van der Waals surface area contributed by atoms with Crippen molar-refractivity contribution in [3.8, 4) is 0 Å². The molecule has 1 aromatic heterocycles. The van der Waals surface area contributed by atoms with Crippen LogP contribution in [0.4, 0.5) is 0 Å². The van der Waals surface area contributed by atoms with E-state index in [0.717, 1.165) is 49.4 Å². The quantitative estimate of drug-likeness (QED) is 0.782. The Morgan fingerprint density at radius 1 is 1.47 bits per heavy atom. The summed E-state index contributed by atoms with van der Waals surface area (Å²) in [6.07, 6.45) is 4.51. The molecule has 2 N–H and O–H groups in total. The molecule has 0 radical (unpaired) electrons. The molecule has 3 heterocycles. The minimum absolute atomic E-state index is 0.327. The molecule has 17 heavy (non-hydrogen) atoms. The Hall–Kier alpha value is -0.780. The van der Waals surface area contributed by atoms with Gasteiger partial charge >= 0.3 is 0 Å². The van der Waals surface area contributed by atoms with Gasteiger partial charge in [0.15, 0.2) is 0 Å². The van der Waals surface area contributed by atoms with E-state index >= 15 is 0 Å². The van der Waals surface area contributed by atoms with Crippen molar-refractivity contribution in [3.05, 3.63) is 21.7 Å². The second kappa shape index (κ2) is 4.84. The monoisotopic (exact) mass is 251 g/mol. The summed E-state index contributed by atoms with van der Waals surface area (Å²) in [6.45, 7) is 2.75. The first kappa shape index (κ1) is 11.3. The summed E-state index contributed by atoms with van der Waals surface area (Å²) >= 11 is 5.36. The van der Waals surface area contributed by atoms with Crippen LogP contribution in [-0.4, -0.2) is 29.2 Å². The maximum atomic E-state index is 5.63. The van der Waals surface area contributed by atoms with Crippen LogP contribution in [0.2, 0.25) is 0 Å². The van der Waals surface area contributed by atoms with Crippen LogP contribution < -0.4 is 5.32 Å². The molecule has 5 heteroatoms. The van der Waals surface area contributed by atoms with Crippen LogP contribution >= 0.6 is 12.2 Å². The van der Waals surface area contributed by atoms with Crippen LogP contribution in [0, 0.1) is 4.64 Å². The lowest BCUT2D eigenvalue weighted by molar-refractivity contribution is 0.110. The molecule has 0 bridgehead atoms. The second-order valence-corrected chi connectivity index (χ2v) is 5.10. The van der Waals surface area contributed by atoms with Gasteiger partial charge in [-0.3, -0.25) is 0 Å². The van der Waals surface area contributed by atoms with Gasteiger partial charge in [0.2, 0.25) is 0 Å². The van der Waals surface area contributed by atoms with Crippen LogP contribution in [-0.2, 0) is 24.1 Å². The number of aromatic nitrogens is 2. The Balaban J connectivity index is 1.85. The number of hydrogen-bond donors (Lipinski definition) is 2. The molecule has 1 fully saturated rings. The molecule has 1 saturated heterocycles. The highest BCUT2D eigenvalue weighted by Crippen LogP contribution is 2.17. The van der Waals surface area contributed by atoms with Crippen LogP contribution in [0.5, 0.6) is 0 Å². The standard InChI is InChI=1S/C12H17N3OS/c17-12-9-7-13-4-3-10(9)14-11(15-12)6-8-2-1-5-16-8/h8,13H,1-7H2,(H,14,15,17). The highest BCUT2D eigenvalue weighted by Gasteiger charge is 2.19. The fourth-order valence-corrected chi connectivity index (χ4v) is 2.84. The summed E-state index contributed by atoms with van der Waals surface area (Å²) in [5.41, 5.74) is 2.43. The van der Waals surface area contributed by atoms with Gasteiger partial charge in [0, 0.05) is 43.8 Å². The SMILES string of the molecule is S=c1nc(CC2CCCO2)[nH]c2c1CNCC2. The van der Waals surface area contributed by atoms with Crippen molar-refractivity contribution in [2.75, 3.05) is 13.2 Å². The van der Waals surface area contributed by atoms with Crippen molar-refractivity contribution >= 4 is 12.2 Å². The Kier molecular flexibility index (Phi) is 3.22. The Morgan fingerprint density at radius 2 is 2.41 bits per heavy atom. The van der Waals surface area contributed by atoms with Crippen LogP contribution in [0.1, 0.15) is 29.9 Å². The normalized spacial score (nSPS) is 23.6. The fourth-order valence-electron chi connectivity index (χ4n) is 2.54. The topological polar surface area (TPSA) is 49.9 Å². The Labute approximate surface area is 106 Å². The van der Waals surface area contributed by atoms with E-state index in [1.807, 2.05) is 0 Å². The number of ether oxygens (including phenoxy) is 1. The van der Waals surface area contributed by atoms with Gasteiger partial charge in [0.05, 0.1) is 6.10 Å². The number of fused-ring (bicyclic) bond motifs is 1. The van der Waals surface area contributed by atoms with Crippen LogP contribution in [0.25, 0.3) is 0 Å². The molecular formula is C12H17N3OS. The highest BCUT2D eigenvalue weighted by atomic mass is 32.1. The maximum Gasteiger partial charge on any atom is 0.134 e. The van der Waals surface area contributed by atoms with E-state index in [1.54, 1.807) is 0 Å². The summed E-state index contributed by atoms with van der Waals surface area (Å²) in [6, 6.07) is 0. The first-order valence-electron chi connectivity index (χ1n) is 6.26. The zero-order valence-corrected chi connectivity index (χ0v) is 10.6. The zero-order valence-electron chi connectivity index (χ0n) is 9.79. The van der Waals surface area contributed by atoms with Gasteiger partial charge in [0.25, 0.3) is 0 Å². The summed E-state index contributed by atoms with van der Waals surface area (Å²) in [7, 11) is 0. The average molecular weight is 251 g/mol. The first-order chi connectivity index (χ1) is 8.33. The molecule has 0 aliphatic carbocycles. The van der Waals surface area contributed by atoms with Gasteiger partial charge in [-0.25, -0.2) is 4.98 Å². The van der Waals surface area contributed by atoms with Gasteiger partial charge in [0.1, 0.15) is 10.5 Å². The van der Waals surface area contributed by atoms with Crippen LogP contribution in [0.15, 0.2) is 0 Å². The van der Waals surface area contributed by atoms with Gasteiger partial charge < -0.3 is 15.0 Å². The number of hydrogen-bond acceptors (Lipinski definition) is 4. The number of H-pyrrole nitrogens is 1. The minimum atomic E-state index is 0.327. The number of nitrogens with zero attached hydrogens (tertiary/aromatic N) is 1. The fraction of sp³-hybridized carbons (Fsp3) is 0.667. The summed E-state index contributed by atoms with van der Waals surface area (Å²) in [5.74, 6) is 0.988. The van der Waals surface area contributed by atoms with E-state index in [1.165, 1.54) is 17.7 Å². The van der Waals surface area contributed by atoms with Crippen molar-refractivity contribution in [2.45, 2.75) is 38.3 Å². The molecule has 4 nitrogen and oxygen atoms in total. The third-order valence-electron chi connectivity index (χ3n) is 3.45. The Bertz CT molecular complexity index is 465. The molecule has 2 aliphatic rings. The summed E-state index contributed by atoms with van der Waals surface area (Å²) in [5, 5.41) is 3.32. The molecule has 1 aromatic rings. The predicted molar refractivity (Wildman–Crippen MR) is 67.5 cm³/mol. The number of nitrogens with one attached hydrogen (secondary N) is 2. The molecule has 1 unspecified atom stereocenters. The lowest BCUT2D eigenvalue weighted by atomic mass is 10.1. The third-order valence-corrected chi connectivity index (χ3v) is 3.79. The highest BCUT2D eigenvalue weighted by molar-refractivity contribution is 7.71. The molecular weight excluding hydrogens is 234 g/mol. The molecule has 1 atom stereocenters. The van der Waals surface area contributed by atoms with E-state index in [4.69, 9.17) is 17.0 Å². The molecule has 0 amide bonds. The van der Waals surface area contributed by atoms with E-state index in [9.17, 15) is 0 Å². The van der Waals surface area contributed by atoms with Crippen molar-refractivity contribution in [3.63, 3.8) is 0 Å². The van der Waals surface area contributed by atoms with Crippen molar-refractivity contribution in [2.24, 2.45) is 0 Å². The summed E-state index contributed by atoms with van der Waals surface area (Å²) < 4.78 is 6.38. The van der Waals surface area contributed by atoms with E-state index in [2.05, 4.69) is 15.3 Å². The first-order valence-corrected chi connectivity index (χ1v) is 6.67. The minimum Gasteiger partial charge on any atom is -0.378 e. The third kappa shape index (κ3) is 2.41. The van der Waals surface area contributed by atoms with E-state index in [-0.39, 0.29) is 0 Å². The second-order valence-electron chi connectivity index (χ2n) is 4.71. The molecule has 92 valence electrons. The lowest BCUT2D eigenvalue weighted by Crippen LogP contribution is -2.26. The molecule has 0 aromatic carbocycles. The van der Waals surface area contributed by atoms with Crippen molar-refractivity contribution in [1.82, 2.24) is 15.3 Å².